The molecule has 2 N–H and O–H groups in total. The second-order valence-electron chi connectivity index (χ2n) is 8.66. The molecule has 0 spiro atoms. The maximum Gasteiger partial charge on any atom is 0.251 e. The molecule has 0 saturated carbocycles. The molecule has 1 aliphatic rings. The Morgan fingerprint density at radius 3 is 2.31 bits per heavy atom. The Bertz CT molecular complexity index is 1010. The molecule has 32 heavy (non-hydrogen) atoms. The molecule has 1 atom stereocenters. The van der Waals surface area contributed by atoms with Crippen molar-refractivity contribution in [1.82, 2.24) is 14.5 Å². The average Bonchev–Trinajstić information content (AvgIpc) is 2.80. The number of nitrogens with one attached hydrogen (secondary N) is 1. The van der Waals surface area contributed by atoms with E-state index in [4.69, 9.17) is 0 Å². The van der Waals surface area contributed by atoms with Crippen LogP contribution in [0.5, 0.6) is 0 Å². The Kier molecular flexibility index (Phi) is 7.71. The SMILES string of the molecule is CCC(CO)N1CCN(S(=O)(=O)c2cccc(C(=O)NC(C)(C)c3ccccc3)c2)CC1. The molecule has 1 unspecified atom stereocenters. The Morgan fingerprint density at radius 1 is 1.06 bits per heavy atom. The van der Waals surface area contributed by atoms with Crippen LogP contribution in [0.25, 0.3) is 0 Å². The van der Waals surface area contributed by atoms with Gasteiger partial charge in [-0.3, -0.25) is 9.69 Å². The Labute approximate surface area is 191 Å². The van der Waals surface area contributed by atoms with E-state index in [1.807, 2.05) is 51.1 Å². The third-order valence-corrected chi connectivity index (χ3v) is 8.02. The molecule has 2 aromatic carbocycles. The summed E-state index contributed by atoms with van der Waals surface area (Å²) in [6.45, 7) is 7.77. The van der Waals surface area contributed by atoms with Crippen molar-refractivity contribution in [3.8, 4) is 0 Å². The van der Waals surface area contributed by atoms with E-state index in [0.717, 1.165) is 12.0 Å². The molecular formula is C24H33N3O4S. The lowest BCUT2D eigenvalue weighted by atomic mass is 9.94. The van der Waals surface area contributed by atoms with Gasteiger partial charge in [-0.25, -0.2) is 8.42 Å². The number of carbonyl (C=O) groups is 1. The third-order valence-electron chi connectivity index (χ3n) is 6.13. The number of carbonyl (C=O) groups excluding carboxylic acids is 1. The monoisotopic (exact) mass is 459 g/mol. The molecule has 174 valence electrons. The first kappa shape index (κ1) is 24.4. The van der Waals surface area contributed by atoms with Gasteiger partial charge in [0.25, 0.3) is 5.91 Å². The van der Waals surface area contributed by atoms with Gasteiger partial charge in [0.15, 0.2) is 0 Å². The summed E-state index contributed by atoms with van der Waals surface area (Å²) in [5.41, 5.74) is 0.662. The molecule has 3 rings (SSSR count). The fourth-order valence-corrected chi connectivity index (χ4v) is 5.51. The quantitative estimate of drug-likeness (QED) is 0.633. The molecule has 1 fully saturated rings. The maximum absolute atomic E-state index is 13.2. The predicted molar refractivity (Wildman–Crippen MR) is 125 cm³/mol. The summed E-state index contributed by atoms with van der Waals surface area (Å²) in [7, 11) is -3.71. The van der Waals surface area contributed by atoms with Crippen LogP contribution in [0.15, 0.2) is 59.5 Å². The van der Waals surface area contributed by atoms with Gasteiger partial charge < -0.3 is 10.4 Å². The largest absolute Gasteiger partial charge is 0.395 e. The van der Waals surface area contributed by atoms with Crippen LogP contribution in [0.2, 0.25) is 0 Å². The fraction of sp³-hybridized carbons (Fsp3) is 0.458. The van der Waals surface area contributed by atoms with Gasteiger partial charge in [-0.15, -0.1) is 0 Å². The number of hydrogen-bond acceptors (Lipinski definition) is 5. The van der Waals surface area contributed by atoms with Gasteiger partial charge in [0.05, 0.1) is 17.0 Å². The van der Waals surface area contributed by atoms with Crippen molar-refractivity contribution in [3.63, 3.8) is 0 Å². The van der Waals surface area contributed by atoms with Crippen molar-refractivity contribution in [1.29, 1.82) is 0 Å². The first-order chi connectivity index (χ1) is 15.2. The lowest BCUT2D eigenvalue weighted by Gasteiger charge is -2.37. The Morgan fingerprint density at radius 2 is 1.72 bits per heavy atom. The molecule has 0 aliphatic carbocycles. The van der Waals surface area contributed by atoms with Crippen LogP contribution in [0, 0.1) is 0 Å². The van der Waals surface area contributed by atoms with E-state index in [9.17, 15) is 18.3 Å². The van der Waals surface area contributed by atoms with E-state index in [1.165, 1.54) is 16.4 Å². The molecule has 0 aromatic heterocycles. The molecule has 7 nitrogen and oxygen atoms in total. The summed E-state index contributed by atoms with van der Waals surface area (Å²) in [4.78, 5) is 15.2. The Balaban J connectivity index is 1.73. The molecule has 1 saturated heterocycles. The highest BCUT2D eigenvalue weighted by atomic mass is 32.2. The lowest BCUT2D eigenvalue weighted by molar-refractivity contribution is 0.0881. The summed E-state index contributed by atoms with van der Waals surface area (Å²) in [5, 5.41) is 12.5. The maximum atomic E-state index is 13.2. The van der Waals surface area contributed by atoms with Gasteiger partial charge in [0, 0.05) is 37.8 Å². The van der Waals surface area contributed by atoms with Crippen LogP contribution in [-0.4, -0.2) is 67.5 Å². The summed E-state index contributed by atoms with van der Waals surface area (Å²) >= 11 is 0. The van der Waals surface area contributed by atoms with Crippen LogP contribution in [0.4, 0.5) is 0 Å². The van der Waals surface area contributed by atoms with Gasteiger partial charge >= 0.3 is 0 Å². The number of piperazine rings is 1. The van der Waals surface area contributed by atoms with Crippen molar-refractivity contribution in [2.45, 2.75) is 43.7 Å². The summed E-state index contributed by atoms with van der Waals surface area (Å²) < 4.78 is 27.9. The zero-order valence-corrected chi connectivity index (χ0v) is 19.8. The van der Waals surface area contributed by atoms with Crippen LogP contribution < -0.4 is 5.32 Å². The molecule has 1 aliphatic heterocycles. The number of sulfonamides is 1. The van der Waals surface area contributed by atoms with E-state index < -0.39 is 15.6 Å². The van der Waals surface area contributed by atoms with Crippen LogP contribution in [0.3, 0.4) is 0 Å². The number of aliphatic hydroxyl groups excluding tert-OH is 1. The molecule has 0 bridgehead atoms. The minimum atomic E-state index is -3.71. The van der Waals surface area contributed by atoms with E-state index >= 15 is 0 Å². The summed E-state index contributed by atoms with van der Waals surface area (Å²) in [5.74, 6) is -0.325. The van der Waals surface area contributed by atoms with Gasteiger partial charge in [0.2, 0.25) is 10.0 Å². The van der Waals surface area contributed by atoms with E-state index in [0.29, 0.717) is 31.7 Å². The smallest absolute Gasteiger partial charge is 0.251 e. The van der Waals surface area contributed by atoms with Gasteiger partial charge in [-0.1, -0.05) is 43.3 Å². The van der Waals surface area contributed by atoms with Crippen molar-refractivity contribution in [2.24, 2.45) is 0 Å². The lowest BCUT2D eigenvalue weighted by Crippen LogP contribution is -2.52. The van der Waals surface area contributed by atoms with Crippen molar-refractivity contribution in [3.05, 3.63) is 65.7 Å². The molecule has 1 amide bonds. The second kappa shape index (κ2) is 10.1. The fourth-order valence-electron chi connectivity index (χ4n) is 4.04. The van der Waals surface area contributed by atoms with E-state index in [2.05, 4.69) is 10.2 Å². The number of amides is 1. The van der Waals surface area contributed by atoms with Crippen molar-refractivity contribution >= 4 is 15.9 Å². The number of hydrogen-bond donors (Lipinski definition) is 2. The minimum Gasteiger partial charge on any atom is -0.395 e. The molecule has 8 heteroatoms. The molecular weight excluding hydrogens is 426 g/mol. The first-order valence-corrected chi connectivity index (χ1v) is 12.5. The zero-order valence-electron chi connectivity index (χ0n) is 19.0. The number of benzene rings is 2. The van der Waals surface area contributed by atoms with Gasteiger partial charge in [-0.2, -0.15) is 4.31 Å². The Hall–Kier alpha value is -2.26. The van der Waals surface area contributed by atoms with Gasteiger partial charge in [0.1, 0.15) is 0 Å². The summed E-state index contributed by atoms with van der Waals surface area (Å²) in [6, 6.07) is 15.9. The minimum absolute atomic E-state index is 0.0554. The standard InChI is InChI=1S/C24H33N3O4S/c1-4-21(18-28)26-13-15-27(16-14-26)32(30,31)22-12-8-9-19(17-22)23(29)25-24(2,3)20-10-6-5-7-11-20/h5-12,17,21,28H,4,13-16,18H2,1-3H3,(H,25,29). The van der Waals surface area contributed by atoms with Crippen molar-refractivity contribution < 1.29 is 18.3 Å². The normalized spacial score (nSPS) is 17.1. The molecule has 1 heterocycles. The highest BCUT2D eigenvalue weighted by Gasteiger charge is 2.31. The van der Waals surface area contributed by atoms with E-state index in [1.54, 1.807) is 12.1 Å². The number of aliphatic hydroxyl groups is 1. The second-order valence-corrected chi connectivity index (χ2v) is 10.6. The van der Waals surface area contributed by atoms with Crippen LogP contribution >= 0.6 is 0 Å². The number of rotatable bonds is 8. The number of nitrogens with zero attached hydrogens (tertiary/aromatic N) is 2. The van der Waals surface area contributed by atoms with Crippen LogP contribution in [-0.2, 0) is 15.6 Å². The first-order valence-electron chi connectivity index (χ1n) is 11.0. The van der Waals surface area contributed by atoms with Crippen LogP contribution in [0.1, 0.15) is 43.1 Å². The summed E-state index contributed by atoms with van der Waals surface area (Å²) in [6.07, 6.45) is 0.819. The zero-order chi connectivity index (χ0) is 23.4. The molecule has 0 radical (unpaired) electrons. The highest BCUT2D eigenvalue weighted by molar-refractivity contribution is 7.89. The third kappa shape index (κ3) is 5.38. The van der Waals surface area contributed by atoms with Crippen molar-refractivity contribution in [2.75, 3.05) is 32.8 Å². The highest BCUT2D eigenvalue weighted by Crippen LogP contribution is 2.23. The molecule has 2 aromatic rings. The predicted octanol–water partition coefficient (Wildman–Crippen LogP) is 2.43. The van der Waals surface area contributed by atoms with Gasteiger partial charge in [-0.05, 0) is 44.0 Å². The topological polar surface area (TPSA) is 90.0 Å². The average molecular weight is 460 g/mol. The van der Waals surface area contributed by atoms with E-state index in [-0.39, 0.29) is 23.5 Å².